The zero-order valence-corrected chi connectivity index (χ0v) is 18.7. The average molecular weight is 440 g/mol. The van der Waals surface area contributed by atoms with Crippen LogP contribution in [0.4, 0.5) is 16.3 Å². The first kappa shape index (κ1) is 20.7. The molecule has 0 spiro atoms. The highest BCUT2D eigenvalue weighted by molar-refractivity contribution is 5.73. The molecule has 1 fully saturated rings. The van der Waals surface area contributed by atoms with Crippen LogP contribution in [0.3, 0.4) is 0 Å². The highest BCUT2D eigenvalue weighted by Gasteiger charge is 2.29. The second-order valence-electron chi connectivity index (χ2n) is 9.40. The van der Waals surface area contributed by atoms with Crippen LogP contribution < -0.4 is 5.32 Å². The SMILES string of the molecule is CC(C)(C)OC(=O)N1CCC[C@H](c2cc(Nc3cc4n(n3)CCOC4)c3ncnn3c2)C1. The van der Waals surface area contributed by atoms with Gasteiger partial charge in [0.1, 0.15) is 11.9 Å². The normalized spacial score (nSPS) is 19.1. The predicted molar refractivity (Wildman–Crippen MR) is 118 cm³/mol. The minimum absolute atomic E-state index is 0.189. The molecule has 2 aliphatic rings. The molecule has 5 rings (SSSR count). The van der Waals surface area contributed by atoms with Crippen molar-refractivity contribution in [2.45, 2.75) is 58.3 Å². The van der Waals surface area contributed by atoms with E-state index >= 15 is 0 Å². The number of nitrogens with one attached hydrogen (secondary N) is 1. The van der Waals surface area contributed by atoms with Crippen molar-refractivity contribution in [2.24, 2.45) is 0 Å². The number of amides is 1. The quantitative estimate of drug-likeness (QED) is 0.668. The van der Waals surface area contributed by atoms with E-state index in [9.17, 15) is 4.79 Å². The fourth-order valence-corrected chi connectivity index (χ4v) is 4.30. The molecule has 1 N–H and O–H groups in total. The molecule has 10 heteroatoms. The molecule has 10 nitrogen and oxygen atoms in total. The van der Waals surface area contributed by atoms with Gasteiger partial charge < -0.3 is 19.7 Å². The van der Waals surface area contributed by atoms with Crippen LogP contribution >= 0.6 is 0 Å². The van der Waals surface area contributed by atoms with Gasteiger partial charge in [0.05, 0.1) is 31.1 Å². The van der Waals surface area contributed by atoms with Crippen LogP contribution in [-0.2, 0) is 22.6 Å². The van der Waals surface area contributed by atoms with Gasteiger partial charge in [0.25, 0.3) is 0 Å². The lowest BCUT2D eigenvalue weighted by atomic mass is 9.91. The minimum atomic E-state index is -0.504. The molecule has 0 radical (unpaired) electrons. The van der Waals surface area contributed by atoms with E-state index in [2.05, 4.69) is 26.6 Å². The number of likely N-dealkylation sites (tertiary alicyclic amines) is 1. The Kier molecular flexibility index (Phi) is 5.24. The number of nitrogens with zero attached hydrogens (tertiary/aromatic N) is 6. The molecular formula is C22H29N7O3. The number of fused-ring (bicyclic) bond motifs is 2. The summed E-state index contributed by atoms with van der Waals surface area (Å²) >= 11 is 0. The van der Waals surface area contributed by atoms with Gasteiger partial charge in [0.2, 0.25) is 0 Å². The molecule has 170 valence electrons. The Morgan fingerprint density at radius 1 is 1.28 bits per heavy atom. The number of hydrogen-bond acceptors (Lipinski definition) is 7. The van der Waals surface area contributed by atoms with Crippen LogP contribution in [-0.4, -0.2) is 60.7 Å². The Morgan fingerprint density at radius 3 is 2.97 bits per heavy atom. The van der Waals surface area contributed by atoms with Crippen molar-refractivity contribution in [3.05, 3.63) is 35.9 Å². The summed E-state index contributed by atoms with van der Waals surface area (Å²) in [5.41, 5.74) is 3.22. The summed E-state index contributed by atoms with van der Waals surface area (Å²) in [7, 11) is 0. The molecule has 0 aromatic carbocycles. The molecule has 2 aliphatic heterocycles. The van der Waals surface area contributed by atoms with Gasteiger partial charge >= 0.3 is 6.09 Å². The number of hydrogen-bond donors (Lipinski definition) is 1. The number of aromatic nitrogens is 5. The number of ether oxygens (including phenoxy) is 2. The van der Waals surface area contributed by atoms with Crippen molar-refractivity contribution in [3.63, 3.8) is 0 Å². The van der Waals surface area contributed by atoms with Gasteiger partial charge in [0.15, 0.2) is 11.5 Å². The summed E-state index contributed by atoms with van der Waals surface area (Å²) in [6.07, 6.45) is 5.21. The fraction of sp³-hybridized carbons (Fsp3) is 0.545. The monoisotopic (exact) mass is 439 g/mol. The molecular weight excluding hydrogens is 410 g/mol. The lowest BCUT2D eigenvalue weighted by Crippen LogP contribution is -2.42. The van der Waals surface area contributed by atoms with Crippen molar-refractivity contribution in [3.8, 4) is 0 Å². The smallest absolute Gasteiger partial charge is 0.410 e. The van der Waals surface area contributed by atoms with Crippen molar-refractivity contribution in [1.29, 1.82) is 0 Å². The second-order valence-corrected chi connectivity index (χ2v) is 9.40. The third-order valence-electron chi connectivity index (χ3n) is 5.76. The van der Waals surface area contributed by atoms with Gasteiger partial charge in [-0.1, -0.05) is 0 Å². The van der Waals surface area contributed by atoms with Crippen molar-refractivity contribution in [2.75, 3.05) is 25.0 Å². The molecule has 0 bridgehead atoms. The summed E-state index contributed by atoms with van der Waals surface area (Å²) in [5.74, 6) is 0.945. The summed E-state index contributed by atoms with van der Waals surface area (Å²) < 4.78 is 14.9. The van der Waals surface area contributed by atoms with Gasteiger partial charge in [-0.25, -0.2) is 14.3 Å². The molecule has 3 aromatic rings. The van der Waals surface area contributed by atoms with Crippen molar-refractivity contribution in [1.82, 2.24) is 29.3 Å². The van der Waals surface area contributed by atoms with E-state index < -0.39 is 5.60 Å². The summed E-state index contributed by atoms with van der Waals surface area (Å²) in [6.45, 7) is 8.99. The lowest BCUT2D eigenvalue weighted by molar-refractivity contribution is 0.0198. The molecule has 5 heterocycles. The Morgan fingerprint density at radius 2 is 2.16 bits per heavy atom. The standard InChI is InChI=1S/C22H29N7O3/c1-22(2,3)32-21(30)27-6-4-5-15(11-27)16-9-18(20-23-14-24-29(20)12-16)25-19-10-17-13-31-8-7-28(17)26-19/h9-10,12,14-15H,4-8,11,13H2,1-3H3,(H,25,26)/t15-/m0/s1. The van der Waals surface area contributed by atoms with E-state index in [0.29, 0.717) is 26.3 Å². The highest BCUT2D eigenvalue weighted by Crippen LogP contribution is 2.31. The van der Waals surface area contributed by atoms with Crippen LogP contribution in [0.15, 0.2) is 24.7 Å². The average Bonchev–Trinajstić information content (AvgIpc) is 3.39. The van der Waals surface area contributed by atoms with Crippen LogP contribution in [0.5, 0.6) is 0 Å². The summed E-state index contributed by atoms with van der Waals surface area (Å²) in [4.78, 5) is 18.8. The van der Waals surface area contributed by atoms with E-state index in [4.69, 9.17) is 9.47 Å². The Balaban J connectivity index is 1.40. The maximum Gasteiger partial charge on any atom is 0.410 e. The molecule has 0 saturated carbocycles. The Hall–Kier alpha value is -3.14. The van der Waals surface area contributed by atoms with Crippen LogP contribution in [0.1, 0.15) is 50.8 Å². The number of piperidine rings is 1. The summed E-state index contributed by atoms with van der Waals surface area (Å²) in [6, 6.07) is 4.10. The fourth-order valence-electron chi connectivity index (χ4n) is 4.30. The third-order valence-corrected chi connectivity index (χ3v) is 5.76. The van der Waals surface area contributed by atoms with Gasteiger partial charge in [-0.2, -0.15) is 10.2 Å². The van der Waals surface area contributed by atoms with Gasteiger partial charge in [0, 0.05) is 31.3 Å². The minimum Gasteiger partial charge on any atom is -0.444 e. The third kappa shape index (κ3) is 4.27. The van der Waals surface area contributed by atoms with Crippen LogP contribution in [0, 0.1) is 0 Å². The molecule has 0 aliphatic carbocycles. The molecule has 3 aromatic heterocycles. The number of anilines is 2. The largest absolute Gasteiger partial charge is 0.444 e. The molecule has 1 atom stereocenters. The maximum absolute atomic E-state index is 12.6. The molecule has 1 amide bonds. The Labute approximate surface area is 186 Å². The van der Waals surface area contributed by atoms with E-state index in [0.717, 1.165) is 47.8 Å². The van der Waals surface area contributed by atoms with E-state index in [1.807, 2.05) is 42.6 Å². The van der Waals surface area contributed by atoms with Gasteiger partial charge in [-0.05, 0) is 45.2 Å². The molecule has 1 saturated heterocycles. The maximum atomic E-state index is 12.6. The van der Waals surface area contributed by atoms with Crippen molar-refractivity contribution < 1.29 is 14.3 Å². The topological polar surface area (TPSA) is 98.8 Å². The lowest BCUT2D eigenvalue weighted by Gasteiger charge is -2.34. The van der Waals surface area contributed by atoms with Crippen molar-refractivity contribution >= 4 is 23.2 Å². The first-order valence-corrected chi connectivity index (χ1v) is 11.1. The number of carbonyl (C=O) groups excluding carboxylic acids is 1. The second kappa shape index (κ2) is 8.09. The number of rotatable bonds is 3. The number of carbonyl (C=O) groups is 1. The number of pyridine rings is 1. The molecule has 32 heavy (non-hydrogen) atoms. The first-order chi connectivity index (χ1) is 15.4. The predicted octanol–water partition coefficient (Wildman–Crippen LogP) is 3.31. The summed E-state index contributed by atoms with van der Waals surface area (Å²) in [5, 5.41) is 12.4. The zero-order valence-electron chi connectivity index (χ0n) is 18.7. The van der Waals surface area contributed by atoms with E-state index in [-0.39, 0.29) is 12.0 Å². The first-order valence-electron chi connectivity index (χ1n) is 11.1. The Bertz CT molecular complexity index is 1110. The van der Waals surface area contributed by atoms with E-state index in [1.54, 1.807) is 10.8 Å². The van der Waals surface area contributed by atoms with Gasteiger partial charge in [-0.15, -0.1) is 0 Å². The highest BCUT2D eigenvalue weighted by atomic mass is 16.6. The van der Waals surface area contributed by atoms with E-state index in [1.165, 1.54) is 0 Å². The van der Waals surface area contributed by atoms with Crippen LogP contribution in [0.2, 0.25) is 0 Å². The molecule has 0 unspecified atom stereocenters. The van der Waals surface area contributed by atoms with Crippen LogP contribution in [0.25, 0.3) is 5.65 Å². The van der Waals surface area contributed by atoms with Gasteiger partial charge in [-0.3, -0.25) is 4.68 Å². The zero-order chi connectivity index (χ0) is 22.3.